The highest BCUT2D eigenvalue weighted by molar-refractivity contribution is 5.69. The van der Waals surface area contributed by atoms with Gasteiger partial charge in [0.2, 0.25) is 6.04 Å². The minimum Gasteiger partial charge on any atom is -0.469 e. The van der Waals surface area contributed by atoms with Crippen molar-refractivity contribution in [2.24, 2.45) is 0 Å². The number of carbonyl (C=O) groups is 1. The number of esters is 1. The van der Waals surface area contributed by atoms with Crippen molar-refractivity contribution in [2.75, 3.05) is 20.8 Å². The van der Waals surface area contributed by atoms with Gasteiger partial charge in [0.15, 0.2) is 0 Å². The Morgan fingerprint density at radius 1 is 1.58 bits per heavy atom. The number of hydrogen-bond donors (Lipinski definition) is 0. The molecule has 0 aromatic rings. The van der Waals surface area contributed by atoms with Crippen molar-refractivity contribution in [3.8, 4) is 0 Å². The van der Waals surface area contributed by atoms with Crippen LogP contribution in [0.4, 0.5) is 0 Å². The van der Waals surface area contributed by atoms with Gasteiger partial charge in [-0.15, -0.1) is 0 Å². The summed E-state index contributed by atoms with van der Waals surface area (Å²) in [4.78, 5) is 20.3. The molecule has 0 aromatic carbocycles. The SMILES string of the molecule is COCC(CC(=O)OC)[N+](=O)[O-]. The number of nitro groups is 1. The van der Waals surface area contributed by atoms with Crippen LogP contribution in [0.1, 0.15) is 6.42 Å². The van der Waals surface area contributed by atoms with Gasteiger partial charge < -0.3 is 9.47 Å². The van der Waals surface area contributed by atoms with E-state index in [0.717, 1.165) is 0 Å². The first-order valence-electron chi connectivity index (χ1n) is 3.31. The van der Waals surface area contributed by atoms with Gasteiger partial charge in [-0.05, 0) is 0 Å². The summed E-state index contributed by atoms with van der Waals surface area (Å²) < 4.78 is 8.84. The molecule has 0 N–H and O–H groups in total. The normalized spacial score (nSPS) is 12.2. The minimum absolute atomic E-state index is 0.0812. The van der Waals surface area contributed by atoms with Gasteiger partial charge in [0.25, 0.3) is 0 Å². The Balaban J connectivity index is 3.95. The molecule has 0 aliphatic heterocycles. The Labute approximate surface area is 69.6 Å². The molecule has 0 heterocycles. The van der Waals surface area contributed by atoms with Crippen molar-refractivity contribution < 1.29 is 19.2 Å². The molecule has 0 aliphatic carbocycles. The fraction of sp³-hybridized carbons (Fsp3) is 0.833. The third kappa shape index (κ3) is 3.87. The molecule has 0 radical (unpaired) electrons. The van der Waals surface area contributed by atoms with Gasteiger partial charge in [-0.25, -0.2) is 0 Å². The smallest absolute Gasteiger partial charge is 0.312 e. The lowest BCUT2D eigenvalue weighted by atomic mass is 10.2. The van der Waals surface area contributed by atoms with E-state index in [9.17, 15) is 14.9 Å². The van der Waals surface area contributed by atoms with Crippen LogP contribution >= 0.6 is 0 Å². The molecule has 0 spiro atoms. The molecule has 12 heavy (non-hydrogen) atoms. The van der Waals surface area contributed by atoms with Crippen LogP contribution in [0.25, 0.3) is 0 Å². The van der Waals surface area contributed by atoms with Gasteiger partial charge in [-0.2, -0.15) is 0 Å². The van der Waals surface area contributed by atoms with Crippen LogP contribution in [0.15, 0.2) is 0 Å². The summed E-state index contributed by atoms with van der Waals surface area (Å²) in [6.07, 6.45) is -0.253. The Kier molecular flexibility index (Phi) is 4.94. The van der Waals surface area contributed by atoms with Crippen molar-refractivity contribution in [3.05, 3.63) is 10.1 Å². The fourth-order valence-corrected chi connectivity index (χ4v) is 0.662. The number of carbonyl (C=O) groups excluding carboxylic acids is 1. The highest BCUT2D eigenvalue weighted by Crippen LogP contribution is 1.99. The predicted octanol–water partition coefficient (Wildman–Crippen LogP) is -0.159. The summed E-state index contributed by atoms with van der Waals surface area (Å²) in [6.45, 7) is -0.0812. The number of rotatable bonds is 5. The maximum absolute atomic E-state index is 10.6. The Morgan fingerprint density at radius 3 is 2.50 bits per heavy atom. The second kappa shape index (κ2) is 5.48. The van der Waals surface area contributed by atoms with E-state index in [-0.39, 0.29) is 13.0 Å². The van der Waals surface area contributed by atoms with Crippen LogP contribution in [0, 0.1) is 10.1 Å². The van der Waals surface area contributed by atoms with Crippen LogP contribution < -0.4 is 0 Å². The molecule has 70 valence electrons. The second-order valence-electron chi connectivity index (χ2n) is 2.17. The lowest BCUT2D eigenvalue weighted by molar-refractivity contribution is -0.525. The average Bonchev–Trinajstić information content (AvgIpc) is 2.03. The highest BCUT2D eigenvalue weighted by Gasteiger charge is 2.23. The summed E-state index contributed by atoms with van der Waals surface area (Å²) >= 11 is 0. The first kappa shape index (κ1) is 10.8. The predicted molar refractivity (Wildman–Crippen MR) is 39.3 cm³/mol. The van der Waals surface area contributed by atoms with E-state index in [1.54, 1.807) is 0 Å². The quantitative estimate of drug-likeness (QED) is 0.331. The third-order valence-corrected chi connectivity index (χ3v) is 1.29. The first-order valence-corrected chi connectivity index (χ1v) is 3.31. The topological polar surface area (TPSA) is 78.7 Å². The number of nitrogens with zero attached hydrogens (tertiary/aromatic N) is 1. The summed E-state index contributed by atoms with van der Waals surface area (Å²) in [7, 11) is 2.53. The maximum atomic E-state index is 10.6. The van der Waals surface area contributed by atoms with E-state index in [1.807, 2.05) is 0 Å². The van der Waals surface area contributed by atoms with Gasteiger partial charge in [0.05, 0.1) is 7.11 Å². The standard InChI is InChI=1S/C6H11NO5/c1-11-4-5(7(9)10)3-6(8)12-2/h5H,3-4H2,1-2H3. The monoisotopic (exact) mass is 177 g/mol. The number of methoxy groups -OCH3 is 2. The van der Waals surface area contributed by atoms with Crippen molar-refractivity contribution in [2.45, 2.75) is 12.5 Å². The second-order valence-corrected chi connectivity index (χ2v) is 2.17. The lowest BCUT2D eigenvalue weighted by Crippen LogP contribution is -2.28. The molecule has 6 heteroatoms. The molecule has 0 aromatic heterocycles. The molecule has 1 atom stereocenters. The number of hydrogen-bond acceptors (Lipinski definition) is 5. The average molecular weight is 177 g/mol. The summed E-state index contributed by atoms with van der Waals surface area (Å²) in [6, 6.07) is -1.01. The molecule has 0 bridgehead atoms. The zero-order chi connectivity index (χ0) is 9.56. The van der Waals surface area contributed by atoms with E-state index in [2.05, 4.69) is 9.47 Å². The van der Waals surface area contributed by atoms with Gasteiger partial charge >= 0.3 is 5.97 Å². The third-order valence-electron chi connectivity index (χ3n) is 1.29. The van der Waals surface area contributed by atoms with Crippen molar-refractivity contribution in [1.29, 1.82) is 0 Å². The van der Waals surface area contributed by atoms with Crippen LogP contribution in [0.5, 0.6) is 0 Å². The minimum atomic E-state index is -1.01. The fourth-order valence-electron chi connectivity index (χ4n) is 0.662. The molecular formula is C6H11NO5. The Hall–Kier alpha value is -1.17. The maximum Gasteiger partial charge on any atom is 0.312 e. The van der Waals surface area contributed by atoms with E-state index in [4.69, 9.17) is 0 Å². The first-order chi connectivity index (χ1) is 5.61. The van der Waals surface area contributed by atoms with Crippen LogP contribution in [-0.2, 0) is 14.3 Å². The zero-order valence-electron chi connectivity index (χ0n) is 6.98. The molecule has 0 saturated carbocycles. The van der Waals surface area contributed by atoms with Crippen LogP contribution in [-0.4, -0.2) is 37.8 Å². The molecule has 0 rings (SSSR count). The van der Waals surface area contributed by atoms with Gasteiger partial charge in [0, 0.05) is 12.0 Å². The van der Waals surface area contributed by atoms with Gasteiger partial charge in [0.1, 0.15) is 13.0 Å². The summed E-state index contributed by atoms with van der Waals surface area (Å²) in [5.74, 6) is -0.603. The molecule has 0 fully saturated rings. The van der Waals surface area contributed by atoms with Gasteiger partial charge in [-0.1, -0.05) is 0 Å². The lowest BCUT2D eigenvalue weighted by Gasteiger charge is -2.05. The van der Waals surface area contributed by atoms with E-state index in [0.29, 0.717) is 0 Å². The van der Waals surface area contributed by atoms with E-state index in [1.165, 1.54) is 14.2 Å². The van der Waals surface area contributed by atoms with Crippen molar-refractivity contribution in [3.63, 3.8) is 0 Å². The molecule has 0 amide bonds. The molecule has 6 nitrogen and oxygen atoms in total. The highest BCUT2D eigenvalue weighted by atomic mass is 16.6. The van der Waals surface area contributed by atoms with Crippen LogP contribution in [0.2, 0.25) is 0 Å². The van der Waals surface area contributed by atoms with Crippen molar-refractivity contribution in [1.82, 2.24) is 0 Å². The summed E-state index contributed by atoms with van der Waals surface area (Å²) in [5.41, 5.74) is 0. The van der Waals surface area contributed by atoms with E-state index >= 15 is 0 Å². The van der Waals surface area contributed by atoms with E-state index < -0.39 is 16.9 Å². The molecular weight excluding hydrogens is 166 g/mol. The molecule has 0 saturated heterocycles. The van der Waals surface area contributed by atoms with Crippen molar-refractivity contribution >= 4 is 5.97 Å². The number of ether oxygens (including phenoxy) is 2. The molecule has 1 unspecified atom stereocenters. The largest absolute Gasteiger partial charge is 0.469 e. The molecule has 0 aliphatic rings. The van der Waals surface area contributed by atoms with Gasteiger partial charge in [-0.3, -0.25) is 14.9 Å². The van der Waals surface area contributed by atoms with Crippen LogP contribution in [0.3, 0.4) is 0 Å². The zero-order valence-corrected chi connectivity index (χ0v) is 6.98. The Bertz CT molecular complexity index is 167. The Morgan fingerprint density at radius 2 is 2.17 bits per heavy atom. The summed E-state index contributed by atoms with van der Waals surface area (Å²) in [5, 5.41) is 10.3.